The number of carbonyl (C=O) groups is 2. The van der Waals surface area contributed by atoms with Crippen molar-refractivity contribution in [1.29, 1.82) is 0 Å². The number of anilines is 1. The van der Waals surface area contributed by atoms with Gasteiger partial charge in [0.25, 0.3) is 0 Å². The normalized spacial score (nSPS) is 23.6. The zero-order valence-electron chi connectivity index (χ0n) is 13.4. The molecule has 1 saturated heterocycles. The first-order valence-corrected chi connectivity index (χ1v) is 14.4. The van der Waals surface area contributed by atoms with Crippen molar-refractivity contribution in [2.75, 3.05) is 5.73 Å². The Labute approximate surface area is 157 Å². The fourth-order valence-electron chi connectivity index (χ4n) is 4.41. The van der Waals surface area contributed by atoms with Gasteiger partial charge in [-0.3, -0.25) is 0 Å². The molecule has 3 N–H and O–H groups in total. The van der Waals surface area contributed by atoms with E-state index in [4.69, 9.17) is 5.73 Å². The van der Waals surface area contributed by atoms with E-state index in [0.717, 1.165) is 12.1 Å². The molecule has 2 unspecified atom stereocenters. The summed E-state index contributed by atoms with van der Waals surface area (Å²) in [6.45, 7) is 0. The van der Waals surface area contributed by atoms with Gasteiger partial charge >= 0.3 is 158 Å². The van der Waals surface area contributed by atoms with Crippen molar-refractivity contribution < 1.29 is 9.59 Å². The zero-order valence-corrected chi connectivity index (χ0v) is 17.5. The van der Waals surface area contributed by atoms with Crippen molar-refractivity contribution in [2.45, 2.75) is 15.3 Å². The fraction of sp³-hybridized carbons (Fsp3) is 0.158. The van der Waals surface area contributed by atoms with E-state index < -0.39 is 21.4 Å². The molecule has 0 radical (unpaired) electrons. The molecule has 0 spiro atoms. The molecule has 122 valence electrons. The van der Waals surface area contributed by atoms with Crippen LogP contribution in [0.4, 0.5) is 10.5 Å². The van der Waals surface area contributed by atoms with Gasteiger partial charge in [0.2, 0.25) is 0 Å². The van der Waals surface area contributed by atoms with Crippen molar-refractivity contribution in [3.05, 3.63) is 63.0 Å². The molecule has 0 saturated carbocycles. The second-order valence-corrected chi connectivity index (χ2v) is 16.4. The van der Waals surface area contributed by atoms with Crippen LogP contribution in [0.25, 0.3) is 5.57 Å². The van der Waals surface area contributed by atoms with Gasteiger partial charge in [-0.1, -0.05) is 0 Å². The minimum absolute atomic E-state index is 0.0986. The maximum atomic E-state index is 12.2. The number of nitrogens with one attached hydrogen (secondary N) is 1. The Morgan fingerprint density at radius 1 is 1.08 bits per heavy atom. The van der Waals surface area contributed by atoms with Crippen molar-refractivity contribution in [3.8, 4) is 0 Å². The first-order chi connectivity index (χ1) is 12.1. The van der Waals surface area contributed by atoms with Crippen LogP contribution in [-0.4, -0.2) is 37.8 Å². The third-order valence-electron chi connectivity index (χ3n) is 5.42. The van der Waals surface area contributed by atoms with Gasteiger partial charge in [0, 0.05) is 0 Å². The van der Waals surface area contributed by atoms with Gasteiger partial charge in [-0.2, -0.15) is 0 Å². The third-order valence-corrected chi connectivity index (χ3v) is 18.4. The van der Waals surface area contributed by atoms with E-state index in [-0.39, 0.29) is 16.4 Å². The van der Waals surface area contributed by atoms with Crippen LogP contribution >= 0.6 is 11.8 Å². The monoisotopic (exact) mass is 450 g/mol. The number of amides is 2. The topological polar surface area (TPSA) is 72.2 Å². The summed E-state index contributed by atoms with van der Waals surface area (Å²) in [6, 6.07) is 16.7. The van der Waals surface area contributed by atoms with Crippen molar-refractivity contribution in [3.63, 3.8) is 0 Å². The minimum atomic E-state index is -2.27. The van der Waals surface area contributed by atoms with Gasteiger partial charge in [-0.25, -0.2) is 0 Å². The fourth-order valence-corrected chi connectivity index (χ4v) is 19.0. The Morgan fingerprint density at radius 2 is 1.84 bits per heavy atom. The molecule has 2 aromatic carbocycles. The van der Waals surface area contributed by atoms with E-state index in [0.29, 0.717) is 3.67 Å². The number of nitrogen functional groups attached to an aromatic ring is 1. The second-order valence-electron chi connectivity index (χ2n) is 6.76. The molecule has 2 amide bonds. The summed E-state index contributed by atoms with van der Waals surface area (Å²) in [5.74, 6) is -0.0986. The SMILES string of the molecule is Nc1ccc(C[C]2=C3c4cccc[c]4[In]2[CH]3C2SC(=O)NC2=O)cc1. The first-order valence-electron chi connectivity index (χ1n) is 8.31. The van der Waals surface area contributed by atoms with Gasteiger partial charge < -0.3 is 0 Å². The van der Waals surface area contributed by atoms with Crippen LogP contribution in [0.2, 0.25) is 3.67 Å². The molecule has 2 atom stereocenters. The molecule has 4 aliphatic heterocycles. The molecular weight excluding hydrogens is 435 g/mol. The first kappa shape index (κ1) is 15.6. The quantitative estimate of drug-likeness (QED) is 0.705. The number of thioether (sulfide) groups is 1. The molecule has 4 heterocycles. The average Bonchev–Trinajstić information content (AvgIpc) is 3.21. The van der Waals surface area contributed by atoms with E-state index >= 15 is 0 Å². The van der Waals surface area contributed by atoms with E-state index in [1.165, 1.54) is 31.8 Å². The summed E-state index contributed by atoms with van der Waals surface area (Å²) in [7, 11) is 0. The van der Waals surface area contributed by atoms with Gasteiger partial charge in [-0.05, 0) is 0 Å². The molecule has 1 fully saturated rings. The number of allylic oxidation sites excluding steroid dienone is 2. The van der Waals surface area contributed by atoms with Gasteiger partial charge in [-0.15, -0.1) is 0 Å². The number of carbonyl (C=O) groups excluding carboxylic acids is 2. The molecule has 0 aliphatic carbocycles. The summed E-state index contributed by atoms with van der Waals surface area (Å²) in [5.41, 5.74) is 10.5. The van der Waals surface area contributed by atoms with Gasteiger partial charge in [0.1, 0.15) is 0 Å². The zero-order chi connectivity index (χ0) is 17.1. The van der Waals surface area contributed by atoms with E-state index in [2.05, 4.69) is 41.7 Å². The van der Waals surface area contributed by atoms with Gasteiger partial charge in [0.15, 0.2) is 0 Å². The van der Waals surface area contributed by atoms with Gasteiger partial charge in [0.05, 0.1) is 0 Å². The summed E-state index contributed by atoms with van der Waals surface area (Å²) in [5, 5.41) is 2.05. The summed E-state index contributed by atoms with van der Waals surface area (Å²) in [4.78, 5) is 23.9. The summed E-state index contributed by atoms with van der Waals surface area (Å²) in [6.07, 6.45) is 0.953. The van der Waals surface area contributed by atoms with Crippen LogP contribution in [0.5, 0.6) is 0 Å². The van der Waals surface area contributed by atoms with Crippen LogP contribution in [0, 0.1) is 0 Å². The van der Waals surface area contributed by atoms with E-state index in [1.807, 2.05) is 12.1 Å². The Morgan fingerprint density at radius 3 is 2.52 bits per heavy atom. The standard InChI is InChI=1S/C19H15N2O2S.In/c20-16-10-7-13(8-11-16)6-9-15(14-4-2-1-3-5-14)12-17-18(22)21-19(23)24-17;/h1-4,7-8,10-12,17H,6,20H2,(H,21,22,23);. The average molecular weight is 450 g/mol. The molecule has 2 bridgehead atoms. The van der Waals surface area contributed by atoms with Crippen molar-refractivity contribution >= 4 is 58.9 Å². The molecule has 6 heteroatoms. The number of hydrogen-bond donors (Lipinski definition) is 2. The number of rotatable bonds is 3. The molecule has 4 aliphatic rings. The van der Waals surface area contributed by atoms with Crippen LogP contribution in [0.15, 0.2) is 51.9 Å². The summed E-state index contributed by atoms with van der Waals surface area (Å²) >= 11 is -1.08. The number of hydrogen-bond acceptors (Lipinski definition) is 4. The second kappa shape index (κ2) is 5.68. The Bertz CT molecular complexity index is 954. The Kier molecular flexibility index (Phi) is 3.54. The van der Waals surface area contributed by atoms with Crippen LogP contribution in [0.3, 0.4) is 0 Å². The number of benzene rings is 2. The number of nitrogens with two attached hydrogens (primary N) is 1. The Hall–Kier alpha value is -1.66. The van der Waals surface area contributed by atoms with Crippen LogP contribution in [-0.2, 0) is 11.2 Å². The molecule has 25 heavy (non-hydrogen) atoms. The third kappa shape index (κ3) is 2.30. The molecule has 2 aromatic rings. The molecule has 4 nitrogen and oxygen atoms in total. The van der Waals surface area contributed by atoms with Crippen molar-refractivity contribution in [1.82, 2.24) is 5.32 Å². The van der Waals surface area contributed by atoms with E-state index in [1.54, 1.807) is 3.33 Å². The molecular formula is C19H15InN2O2S. The molecule has 6 rings (SSSR count). The van der Waals surface area contributed by atoms with E-state index in [9.17, 15) is 9.59 Å². The van der Waals surface area contributed by atoms with Crippen LogP contribution < -0.4 is 14.4 Å². The van der Waals surface area contributed by atoms with Crippen molar-refractivity contribution in [2.24, 2.45) is 0 Å². The predicted octanol–water partition coefficient (Wildman–Crippen LogP) is 2.26. The van der Waals surface area contributed by atoms with Crippen LogP contribution in [0.1, 0.15) is 11.1 Å². The molecule has 0 aromatic heterocycles. The summed E-state index contributed by atoms with van der Waals surface area (Å²) < 4.78 is 3.41. The number of imide groups is 1. The predicted molar refractivity (Wildman–Crippen MR) is 102 cm³/mol. The maximum absolute atomic E-state index is 12.2. The Balaban J connectivity index is 1.53.